The number of nitrogens with zero attached hydrogens (tertiary/aromatic N) is 1. The highest BCUT2D eigenvalue weighted by Crippen LogP contribution is 2.50. The molecule has 0 aliphatic heterocycles. The molecule has 4 rings (SSSR count). The molecular formula is C14H18ClNO2. The van der Waals surface area contributed by atoms with Crippen molar-refractivity contribution in [1.29, 1.82) is 0 Å². The summed E-state index contributed by atoms with van der Waals surface area (Å²) in [7, 11) is 0. The van der Waals surface area contributed by atoms with E-state index in [-0.39, 0.29) is 10.9 Å². The predicted octanol–water partition coefficient (Wildman–Crippen LogP) is 3.79. The molecule has 18 heavy (non-hydrogen) atoms. The van der Waals surface area contributed by atoms with E-state index in [9.17, 15) is 5.11 Å². The van der Waals surface area contributed by atoms with Gasteiger partial charge in [-0.3, -0.25) is 0 Å². The summed E-state index contributed by atoms with van der Waals surface area (Å²) in [5.41, 5.74) is 0.365. The summed E-state index contributed by atoms with van der Waals surface area (Å²) in [6.45, 7) is 0.739. The van der Waals surface area contributed by atoms with E-state index in [1.807, 2.05) is 0 Å². The van der Waals surface area contributed by atoms with E-state index in [1.165, 1.54) is 38.5 Å². The van der Waals surface area contributed by atoms with Crippen LogP contribution in [0.2, 0.25) is 5.15 Å². The van der Waals surface area contributed by atoms with Gasteiger partial charge in [0.2, 0.25) is 0 Å². The topological polar surface area (TPSA) is 42.4 Å². The largest absolute Gasteiger partial charge is 0.505 e. The molecule has 3 nitrogen and oxygen atoms in total. The second-order valence-corrected chi connectivity index (χ2v) is 6.11. The monoisotopic (exact) mass is 267 g/mol. The van der Waals surface area contributed by atoms with Gasteiger partial charge in [-0.1, -0.05) is 11.6 Å². The number of aromatic hydroxyl groups is 1. The van der Waals surface area contributed by atoms with Crippen LogP contribution in [0, 0.1) is 11.3 Å². The number of pyridine rings is 1. The Balaban J connectivity index is 1.65. The SMILES string of the molecule is Oc1cc(OCC23CCC(CC2)CC3)cnc1Cl. The molecule has 98 valence electrons. The molecule has 0 spiro atoms. The zero-order chi connectivity index (χ0) is 12.6. The molecule has 2 bridgehead atoms. The molecule has 4 heteroatoms. The third-order valence-corrected chi connectivity index (χ3v) is 4.88. The fourth-order valence-corrected chi connectivity index (χ4v) is 3.39. The molecule has 1 aromatic rings. The Morgan fingerprint density at radius 3 is 2.61 bits per heavy atom. The van der Waals surface area contributed by atoms with Gasteiger partial charge in [-0.25, -0.2) is 4.98 Å². The molecular weight excluding hydrogens is 250 g/mol. The van der Waals surface area contributed by atoms with Crippen molar-refractivity contribution in [3.05, 3.63) is 17.4 Å². The summed E-state index contributed by atoms with van der Waals surface area (Å²) in [5.74, 6) is 1.56. The van der Waals surface area contributed by atoms with Crippen molar-refractivity contribution in [2.24, 2.45) is 11.3 Å². The van der Waals surface area contributed by atoms with Gasteiger partial charge >= 0.3 is 0 Å². The number of aromatic nitrogens is 1. The van der Waals surface area contributed by atoms with Crippen molar-refractivity contribution in [2.75, 3.05) is 6.61 Å². The molecule has 3 fully saturated rings. The van der Waals surface area contributed by atoms with Crippen molar-refractivity contribution in [1.82, 2.24) is 4.98 Å². The predicted molar refractivity (Wildman–Crippen MR) is 70.0 cm³/mol. The van der Waals surface area contributed by atoms with Crippen LogP contribution in [0.4, 0.5) is 0 Å². The van der Waals surface area contributed by atoms with E-state index < -0.39 is 0 Å². The summed E-state index contributed by atoms with van der Waals surface area (Å²) in [6.07, 6.45) is 9.49. The maximum absolute atomic E-state index is 9.49. The Labute approximate surface area is 112 Å². The lowest BCUT2D eigenvalue weighted by molar-refractivity contribution is 0.0190. The van der Waals surface area contributed by atoms with Crippen LogP contribution in [0.15, 0.2) is 12.3 Å². The molecule has 1 N–H and O–H groups in total. The van der Waals surface area contributed by atoms with Gasteiger partial charge in [-0.15, -0.1) is 0 Å². The number of rotatable bonds is 3. The summed E-state index contributed by atoms with van der Waals surface area (Å²) in [4.78, 5) is 3.89. The zero-order valence-electron chi connectivity index (χ0n) is 10.4. The van der Waals surface area contributed by atoms with Crippen LogP contribution < -0.4 is 4.74 Å². The normalized spacial score (nSPS) is 30.4. The number of halogens is 1. The molecule has 0 saturated heterocycles. The van der Waals surface area contributed by atoms with Gasteiger partial charge in [0.25, 0.3) is 0 Å². The minimum atomic E-state index is -0.0148. The van der Waals surface area contributed by atoms with Gasteiger partial charge in [-0.2, -0.15) is 0 Å². The Bertz CT molecular complexity index is 428. The highest BCUT2D eigenvalue weighted by molar-refractivity contribution is 6.30. The average Bonchev–Trinajstić information content (AvgIpc) is 2.42. The van der Waals surface area contributed by atoms with Gasteiger partial charge in [0, 0.05) is 11.5 Å². The van der Waals surface area contributed by atoms with Crippen LogP contribution >= 0.6 is 11.6 Å². The first kappa shape index (κ1) is 12.1. The molecule has 0 atom stereocenters. The molecule has 3 saturated carbocycles. The number of fused-ring (bicyclic) bond motifs is 3. The first-order valence-corrected chi connectivity index (χ1v) is 7.02. The minimum absolute atomic E-state index is 0.0148. The van der Waals surface area contributed by atoms with Crippen molar-refractivity contribution >= 4 is 11.6 Å². The quantitative estimate of drug-likeness (QED) is 0.848. The van der Waals surface area contributed by atoms with Gasteiger partial charge in [0.15, 0.2) is 10.9 Å². The molecule has 3 aliphatic carbocycles. The standard InChI is InChI=1S/C14H18ClNO2/c15-13-12(17)7-11(8-16-13)18-9-14-4-1-10(2-5-14)3-6-14/h7-8,10,17H,1-6,9H2. The van der Waals surface area contributed by atoms with E-state index in [0.717, 1.165) is 12.5 Å². The van der Waals surface area contributed by atoms with Gasteiger partial charge < -0.3 is 9.84 Å². The fraction of sp³-hybridized carbons (Fsp3) is 0.643. The highest BCUT2D eigenvalue weighted by atomic mass is 35.5. The van der Waals surface area contributed by atoms with Crippen LogP contribution in [-0.4, -0.2) is 16.7 Å². The lowest BCUT2D eigenvalue weighted by Gasteiger charge is -2.46. The number of ether oxygens (including phenoxy) is 1. The maximum Gasteiger partial charge on any atom is 0.171 e. The van der Waals surface area contributed by atoms with Gasteiger partial charge in [0.05, 0.1) is 12.8 Å². The van der Waals surface area contributed by atoms with Crippen molar-refractivity contribution in [2.45, 2.75) is 38.5 Å². The lowest BCUT2D eigenvalue weighted by atomic mass is 9.61. The first-order valence-electron chi connectivity index (χ1n) is 6.64. The third-order valence-electron chi connectivity index (χ3n) is 4.59. The molecule has 0 unspecified atom stereocenters. The van der Waals surface area contributed by atoms with Crippen LogP contribution in [0.1, 0.15) is 38.5 Å². The van der Waals surface area contributed by atoms with Crippen molar-refractivity contribution < 1.29 is 9.84 Å². The van der Waals surface area contributed by atoms with Gasteiger partial charge in [0.1, 0.15) is 5.75 Å². The Kier molecular flexibility index (Phi) is 3.10. The van der Waals surface area contributed by atoms with E-state index in [2.05, 4.69) is 4.98 Å². The smallest absolute Gasteiger partial charge is 0.171 e. The molecule has 0 amide bonds. The number of hydrogen-bond donors (Lipinski definition) is 1. The molecule has 1 heterocycles. The van der Waals surface area contributed by atoms with Crippen LogP contribution in [-0.2, 0) is 0 Å². The fourth-order valence-electron chi connectivity index (χ4n) is 3.29. The Morgan fingerprint density at radius 2 is 2.00 bits per heavy atom. The second-order valence-electron chi connectivity index (χ2n) is 5.75. The Hall–Kier alpha value is -0.960. The van der Waals surface area contributed by atoms with E-state index in [1.54, 1.807) is 12.3 Å². The van der Waals surface area contributed by atoms with E-state index in [4.69, 9.17) is 16.3 Å². The van der Waals surface area contributed by atoms with Crippen molar-refractivity contribution in [3.63, 3.8) is 0 Å². The summed E-state index contributed by atoms with van der Waals surface area (Å²) in [6, 6.07) is 1.54. The summed E-state index contributed by atoms with van der Waals surface area (Å²) in [5, 5.41) is 9.62. The van der Waals surface area contributed by atoms with Gasteiger partial charge in [-0.05, 0) is 44.4 Å². The van der Waals surface area contributed by atoms with Crippen LogP contribution in [0.3, 0.4) is 0 Å². The van der Waals surface area contributed by atoms with Crippen molar-refractivity contribution in [3.8, 4) is 11.5 Å². The Morgan fingerprint density at radius 1 is 1.33 bits per heavy atom. The van der Waals surface area contributed by atoms with E-state index >= 15 is 0 Å². The maximum atomic E-state index is 9.49. The van der Waals surface area contributed by atoms with Crippen LogP contribution in [0.25, 0.3) is 0 Å². The molecule has 0 aromatic carbocycles. The van der Waals surface area contributed by atoms with Crippen LogP contribution in [0.5, 0.6) is 11.5 Å². The van der Waals surface area contributed by atoms with E-state index in [0.29, 0.717) is 11.2 Å². The summed E-state index contributed by atoms with van der Waals surface area (Å²) >= 11 is 5.67. The molecule has 1 aromatic heterocycles. The zero-order valence-corrected chi connectivity index (χ0v) is 11.1. The highest BCUT2D eigenvalue weighted by Gasteiger charge is 2.40. The lowest BCUT2D eigenvalue weighted by Crippen LogP contribution is -2.38. The summed E-state index contributed by atoms with van der Waals surface area (Å²) < 4.78 is 5.82. The number of hydrogen-bond acceptors (Lipinski definition) is 3. The average molecular weight is 268 g/mol. The molecule has 0 radical (unpaired) electrons. The first-order chi connectivity index (χ1) is 8.67. The third kappa shape index (κ3) is 2.28. The second kappa shape index (κ2) is 4.61. The minimum Gasteiger partial charge on any atom is -0.505 e. The molecule has 3 aliphatic rings.